The number of nitrogens with zero attached hydrogens (tertiary/aromatic N) is 10. The Balaban J connectivity index is 1.21. The van der Waals surface area contributed by atoms with Crippen molar-refractivity contribution in [1.82, 2.24) is 39.9 Å². The van der Waals surface area contributed by atoms with Crippen molar-refractivity contribution in [1.29, 1.82) is 0 Å². The van der Waals surface area contributed by atoms with Crippen molar-refractivity contribution in [2.24, 2.45) is 0 Å². The lowest BCUT2D eigenvalue weighted by atomic mass is 10.1. The monoisotopic (exact) mass is 1260 g/mol. The molecule has 0 unspecified atom stereocenters. The van der Waals surface area contributed by atoms with Crippen molar-refractivity contribution in [3.8, 4) is 68.5 Å². The largest absolute Gasteiger partial charge is 0.488 e. The number of hydrogen-bond donors (Lipinski definition) is 2. The molecule has 2 N–H and O–H groups in total. The Morgan fingerprint density at radius 3 is 0.783 bits per heavy atom. The molecule has 0 saturated carbocycles. The second kappa shape index (κ2) is 32.9. The molecule has 3 aromatic heterocycles. The molecule has 0 spiro atoms. The molecule has 2 aliphatic heterocycles. The van der Waals surface area contributed by atoms with Crippen LogP contribution in [-0.4, -0.2) is 191 Å². The van der Waals surface area contributed by atoms with Crippen molar-refractivity contribution in [2.75, 3.05) is 133 Å². The lowest BCUT2D eigenvalue weighted by Gasteiger charge is -2.34. The van der Waals surface area contributed by atoms with Crippen LogP contribution in [0.2, 0.25) is 0 Å². The molecule has 8 bridgehead atoms. The van der Waals surface area contributed by atoms with E-state index in [4.69, 9.17) is 48.9 Å². The summed E-state index contributed by atoms with van der Waals surface area (Å²) in [6.07, 6.45) is 19.0. The second-order valence-corrected chi connectivity index (χ2v) is 27.8. The summed E-state index contributed by atoms with van der Waals surface area (Å²) in [6.45, 7) is 33.4. The molecule has 0 aliphatic carbocycles. The molecular formula is C76H114N12O4+4. The third-order valence-corrected chi connectivity index (χ3v) is 19.7. The van der Waals surface area contributed by atoms with E-state index in [2.05, 4.69) is 166 Å². The average Bonchev–Trinajstić information content (AvgIpc) is 1.61. The van der Waals surface area contributed by atoms with Gasteiger partial charge >= 0.3 is 0 Å². The molecule has 5 heterocycles. The molecule has 4 aromatic carbocycles. The summed E-state index contributed by atoms with van der Waals surface area (Å²) < 4.78 is 30.8. The minimum absolute atomic E-state index is 0.521. The van der Waals surface area contributed by atoms with Gasteiger partial charge in [0, 0.05) is 43.8 Å². The van der Waals surface area contributed by atoms with Crippen LogP contribution in [0.3, 0.4) is 0 Å². The number of rotatable bonds is 40. The third-order valence-electron chi connectivity index (χ3n) is 19.7. The van der Waals surface area contributed by atoms with Crippen molar-refractivity contribution in [3.63, 3.8) is 0 Å². The van der Waals surface area contributed by atoms with Crippen LogP contribution in [0.15, 0.2) is 72.8 Å². The first kappa shape index (κ1) is 69.6. The minimum Gasteiger partial charge on any atom is -0.488 e. The SMILES string of the molecule is CCCC[N+](C)(CCCC)CCOc1ccc2c(c1)-c1nc-2nc2[nH]c(nc3nc(nc4[nH]c(n1)c1ccc(OCC[N+](C)(CCCC)CCCC)cc41)-c1ccc(OCC[N+](C)(CCCC)CCCC)cc1-3)c1ccc(OCC[N+](C)(CCCC)CCCC)cc21. The molecule has 7 aromatic rings. The molecule has 16 heteroatoms. The molecule has 16 nitrogen and oxygen atoms in total. The van der Waals surface area contributed by atoms with Crippen LogP contribution in [0.4, 0.5) is 0 Å². The van der Waals surface area contributed by atoms with E-state index in [1.54, 1.807) is 0 Å². The van der Waals surface area contributed by atoms with E-state index in [9.17, 15) is 0 Å². The van der Waals surface area contributed by atoms with E-state index in [1.165, 1.54) is 103 Å². The van der Waals surface area contributed by atoms with E-state index in [0.29, 0.717) is 72.3 Å². The fourth-order valence-corrected chi connectivity index (χ4v) is 13.3. The number of likely N-dealkylation sites (N-methyl/N-ethyl adjacent to an activating group) is 4. The smallest absolute Gasteiger partial charge is 0.164 e. The summed E-state index contributed by atoms with van der Waals surface area (Å²) in [5.74, 6) is 5.19. The summed E-state index contributed by atoms with van der Waals surface area (Å²) >= 11 is 0. The lowest BCUT2D eigenvalue weighted by Crippen LogP contribution is -2.48. The first-order valence-corrected chi connectivity index (χ1v) is 35.8. The predicted octanol–water partition coefficient (Wildman–Crippen LogP) is 16.6. The van der Waals surface area contributed by atoms with E-state index < -0.39 is 0 Å². The van der Waals surface area contributed by atoms with Crippen molar-refractivity contribution < 1.29 is 36.9 Å². The van der Waals surface area contributed by atoms with E-state index >= 15 is 0 Å². The molecule has 0 radical (unpaired) electrons. The first-order chi connectivity index (χ1) is 44.6. The Morgan fingerprint density at radius 2 is 0.511 bits per heavy atom. The zero-order chi connectivity index (χ0) is 65.1. The Hall–Kier alpha value is -6.72. The highest BCUT2D eigenvalue weighted by Gasteiger charge is 2.28. The maximum atomic E-state index is 6.72. The summed E-state index contributed by atoms with van der Waals surface area (Å²) in [7, 11) is 9.54. The number of H-pyrrole nitrogens is 2. The molecule has 9 rings (SSSR count). The zero-order valence-electron chi connectivity index (χ0n) is 58.7. The number of fused-ring (bicyclic) bond motifs is 20. The van der Waals surface area contributed by atoms with Crippen LogP contribution in [0, 0.1) is 0 Å². The van der Waals surface area contributed by atoms with Gasteiger partial charge in [-0.15, -0.1) is 0 Å². The van der Waals surface area contributed by atoms with Crippen molar-refractivity contribution in [3.05, 3.63) is 72.8 Å². The number of aromatic nitrogens is 8. The highest BCUT2D eigenvalue weighted by Crippen LogP contribution is 2.40. The van der Waals surface area contributed by atoms with Gasteiger partial charge in [0.05, 0.1) is 80.5 Å². The average molecular weight is 1260 g/mol. The molecule has 0 fully saturated rings. The van der Waals surface area contributed by atoms with Crippen molar-refractivity contribution >= 4 is 44.1 Å². The van der Waals surface area contributed by atoms with Gasteiger partial charge in [0.2, 0.25) is 0 Å². The molecular weight excluding hydrogens is 1140 g/mol. The van der Waals surface area contributed by atoms with Gasteiger partial charge in [-0.1, -0.05) is 107 Å². The quantitative estimate of drug-likeness (QED) is 0.0356. The van der Waals surface area contributed by atoms with Gasteiger partial charge in [-0.3, -0.25) is 0 Å². The minimum atomic E-state index is 0.521. The number of aromatic amines is 2. The van der Waals surface area contributed by atoms with E-state index in [1.807, 2.05) is 0 Å². The fourth-order valence-electron chi connectivity index (χ4n) is 13.3. The molecule has 2 aliphatic rings. The van der Waals surface area contributed by atoms with Gasteiger partial charge in [-0.2, -0.15) is 0 Å². The van der Waals surface area contributed by atoms with Gasteiger partial charge < -0.3 is 46.8 Å². The molecule has 0 amide bonds. The fraction of sp³-hybridized carbons (Fsp3) is 0.579. The van der Waals surface area contributed by atoms with Gasteiger partial charge in [0.25, 0.3) is 0 Å². The maximum Gasteiger partial charge on any atom is 0.164 e. The highest BCUT2D eigenvalue weighted by molar-refractivity contribution is 6.07. The van der Waals surface area contributed by atoms with Gasteiger partial charge in [0.15, 0.2) is 23.3 Å². The molecule has 0 atom stereocenters. The molecule has 92 heavy (non-hydrogen) atoms. The van der Waals surface area contributed by atoms with Crippen LogP contribution in [0.25, 0.3) is 89.7 Å². The van der Waals surface area contributed by atoms with Crippen LogP contribution in [0.1, 0.15) is 158 Å². The van der Waals surface area contributed by atoms with Gasteiger partial charge in [-0.05, 0) is 124 Å². The van der Waals surface area contributed by atoms with Crippen LogP contribution < -0.4 is 18.9 Å². The summed E-state index contributed by atoms with van der Waals surface area (Å²) in [6, 6.07) is 25.0. The van der Waals surface area contributed by atoms with Gasteiger partial charge in [0.1, 0.15) is 98.2 Å². The zero-order valence-corrected chi connectivity index (χ0v) is 58.7. The number of ether oxygens (including phenoxy) is 4. The van der Waals surface area contributed by atoms with Crippen molar-refractivity contribution in [2.45, 2.75) is 158 Å². The number of unbranched alkanes of at least 4 members (excludes halogenated alkanes) is 8. The normalized spacial score (nSPS) is 12.7. The standard InChI is InChI=1S/C76H114N12O4/c1-13-21-37-85(9,38-22-14-2)45-49-89-57-29-33-61-65(53-57)73-77-69(61)82-74-67-55-59(91-51-47-87(11,41-25-17-5)42-26-18-6)31-35-63(67)71(79-74)84-76-68-56-60(92-52-48-88(12,43-27-19-7)44-28-20-8)32-36-64(68)72(80-76)83-75-66-54-58(30-34-62(66)70(78-75)81-73)90-50-46-86(10,39-23-15-3)40-24-16-4/h29-36,53-56H,13-28,37-52H2,1-12H3,(H2,77,78,79,80,81,82,83,84)/q+4. The topological polar surface area (TPSA) is 146 Å². The van der Waals surface area contributed by atoms with E-state index in [-0.39, 0.29) is 0 Å². The Kier molecular flexibility index (Phi) is 24.9. The van der Waals surface area contributed by atoms with Crippen LogP contribution in [0.5, 0.6) is 23.0 Å². The lowest BCUT2D eigenvalue weighted by molar-refractivity contribution is -0.910. The molecule has 0 saturated heterocycles. The Bertz CT molecular complexity index is 3420. The first-order valence-electron chi connectivity index (χ1n) is 35.8. The van der Waals surface area contributed by atoms with E-state index in [0.717, 1.165) is 163 Å². The summed E-state index contributed by atoms with van der Waals surface area (Å²) in [5, 5.41) is 3.49. The number of nitrogens with one attached hydrogen (secondary N) is 2. The maximum absolute atomic E-state index is 6.72. The van der Waals surface area contributed by atoms with Gasteiger partial charge in [-0.25, -0.2) is 29.9 Å². The number of hydrogen-bond acceptors (Lipinski definition) is 10. The third kappa shape index (κ3) is 17.9. The number of benzene rings is 4. The van der Waals surface area contributed by atoms with Crippen LogP contribution in [-0.2, 0) is 0 Å². The second-order valence-electron chi connectivity index (χ2n) is 27.8. The summed E-state index contributed by atoms with van der Waals surface area (Å²) in [4.78, 5) is 40.0. The highest BCUT2D eigenvalue weighted by atomic mass is 16.5. The van der Waals surface area contributed by atoms with Crippen LogP contribution >= 0.6 is 0 Å². The Labute approximate surface area is 550 Å². The predicted molar refractivity (Wildman–Crippen MR) is 380 cm³/mol. The molecule has 498 valence electrons. The summed E-state index contributed by atoms with van der Waals surface area (Å²) in [5.41, 5.74) is 5.83. The number of quaternary nitrogens is 4. The Morgan fingerprint density at radius 1 is 0.272 bits per heavy atom.